The van der Waals surface area contributed by atoms with Gasteiger partial charge in [0.05, 0.1) is 0 Å². The molecule has 1 rings (SSSR count). The maximum atomic E-state index is 11.9. The zero-order chi connectivity index (χ0) is 16.2. The van der Waals surface area contributed by atoms with Gasteiger partial charge in [0.15, 0.2) is 0 Å². The minimum Gasteiger partial charge on any atom is -0.358 e. The van der Waals surface area contributed by atoms with Crippen molar-refractivity contribution >= 4 is 17.5 Å². The van der Waals surface area contributed by atoms with Crippen LogP contribution in [0.1, 0.15) is 47.4 Å². The van der Waals surface area contributed by atoms with Crippen LogP contribution in [0, 0.1) is 0 Å². The highest BCUT2D eigenvalue weighted by Crippen LogP contribution is 2.22. The lowest BCUT2D eigenvalue weighted by molar-refractivity contribution is -0.122. The number of nitrogen functional groups attached to an aromatic ring is 1. The average molecular weight is 294 g/mol. The molecule has 1 atom stereocenters. The van der Waals surface area contributed by atoms with Crippen molar-refractivity contribution in [2.24, 2.45) is 5.84 Å². The third kappa shape index (κ3) is 5.18. The summed E-state index contributed by atoms with van der Waals surface area (Å²) in [6.45, 7) is 11.7. The van der Waals surface area contributed by atoms with Gasteiger partial charge in [-0.3, -0.25) is 4.79 Å². The van der Waals surface area contributed by atoms with Gasteiger partial charge in [-0.25, -0.2) is 15.8 Å². The highest BCUT2D eigenvalue weighted by Gasteiger charge is 2.20. The van der Waals surface area contributed by atoms with E-state index in [-0.39, 0.29) is 17.4 Å². The molecule has 0 aromatic carbocycles. The van der Waals surface area contributed by atoms with Crippen molar-refractivity contribution in [2.75, 3.05) is 10.7 Å². The standard InChI is InChI=1S/C14H26N6O/c1-8(2)16-12(21)9(3)17-10-7-11(20-15)19-13(18-10)14(4,5)6/h7-9H,15H2,1-6H3,(H,16,21)(H2,17,18,19,20). The number of nitrogens with two attached hydrogens (primary N) is 1. The van der Waals surface area contributed by atoms with E-state index in [2.05, 4.69) is 26.0 Å². The number of nitrogens with zero attached hydrogens (tertiary/aromatic N) is 2. The first-order valence-electron chi connectivity index (χ1n) is 7.06. The molecule has 0 spiro atoms. The predicted molar refractivity (Wildman–Crippen MR) is 84.9 cm³/mol. The molecule has 7 heteroatoms. The fourth-order valence-corrected chi connectivity index (χ4v) is 1.63. The summed E-state index contributed by atoms with van der Waals surface area (Å²) in [5, 5.41) is 5.93. The van der Waals surface area contributed by atoms with Crippen molar-refractivity contribution in [1.29, 1.82) is 0 Å². The quantitative estimate of drug-likeness (QED) is 0.483. The van der Waals surface area contributed by atoms with E-state index >= 15 is 0 Å². The lowest BCUT2D eigenvalue weighted by Gasteiger charge is -2.21. The van der Waals surface area contributed by atoms with Gasteiger partial charge in [-0.05, 0) is 20.8 Å². The Balaban J connectivity index is 2.95. The van der Waals surface area contributed by atoms with Crippen LogP contribution in [0.25, 0.3) is 0 Å². The molecule has 0 aliphatic heterocycles. The molecule has 0 radical (unpaired) electrons. The number of rotatable bonds is 5. The third-order valence-electron chi connectivity index (χ3n) is 2.73. The van der Waals surface area contributed by atoms with Crippen LogP contribution in [0.15, 0.2) is 6.07 Å². The maximum absolute atomic E-state index is 11.9. The van der Waals surface area contributed by atoms with E-state index in [0.717, 1.165) is 0 Å². The number of carbonyl (C=O) groups is 1. The number of hydrogen-bond acceptors (Lipinski definition) is 6. The van der Waals surface area contributed by atoms with Gasteiger partial charge in [-0.2, -0.15) is 0 Å². The largest absolute Gasteiger partial charge is 0.358 e. The Hall–Kier alpha value is -1.89. The van der Waals surface area contributed by atoms with Crippen molar-refractivity contribution in [3.05, 3.63) is 11.9 Å². The second-order valence-electron chi connectivity index (χ2n) is 6.39. The van der Waals surface area contributed by atoms with E-state index in [1.807, 2.05) is 34.6 Å². The second kappa shape index (κ2) is 6.71. The Morgan fingerprint density at radius 1 is 1.19 bits per heavy atom. The van der Waals surface area contributed by atoms with Crippen LogP contribution in [0.3, 0.4) is 0 Å². The molecule has 118 valence electrons. The number of hydrogen-bond donors (Lipinski definition) is 4. The Kier molecular flexibility index (Phi) is 5.48. The molecular formula is C14H26N6O. The first-order valence-corrected chi connectivity index (χ1v) is 7.06. The van der Waals surface area contributed by atoms with Crippen LogP contribution >= 0.6 is 0 Å². The van der Waals surface area contributed by atoms with Gasteiger partial charge in [0.1, 0.15) is 23.5 Å². The monoisotopic (exact) mass is 294 g/mol. The summed E-state index contributed by atoms with van der Waals surface area (Å²) < 4.78 is 0. The predicted octanol–water partition coefficient (Wildman–Crippen LogP) is 1.38. The van der Waals surface area contributed by atoms with Gasteiger partial charge in [0.2, 0.25) is 5.91 Å². The molecule has 1 heterocycles. The van der Waals surface area contributed by atoms with Crippen molar-refractivity contribution in [3.8, 4) is 0 Å². The van der Waals surface area contributed by atoms with Crippen LogP contribution in [0.5, 0.6) is 0 Å². The molecule has 0 saturated carbocycles. The Bertz CT molecular complexity index is 495. The summed E-state index contributed by atoms with van der Waals surface area (Å²) in [5.74, 6) is 7.08. The zero-order valence-corrected chi connectivity index (χ0v) is 13.6. The number of amides is 1. The first-order chi connectivity index (χ1) is 9.63. The molecule has 1 unspecified atom stereocenters. The van der Waals surface area contributed by atoms with Crippen molar-refractivity contribution in [2.45, 2.75) is 59.0 Å². The maximum Gasteiger partial charge on any atom is 0.242 e. The van der Waals surface area contributed by atoms with Gasteiger partial charge >= 0.3 is 0 Å². The summed E-state index contributed by atoms with van der Waals surface area (Å²) in [4.78, 5) is 20.7. The topological polar surface area (TPSA) is 105 Å². The Labute approximate surface area is 126 Å². The van der Waals surface area contributed by atoms with E-state index in [0.29, 0.717) is 17.5 Å². The fraction of sp³-hybridized carbons (Fsp3) is 0.643. The molecule has 0 aliphatic carbocycles. The Morgan fingerprint density at radius 3 is 2.24 bits per heavy atom. The van der Waals surface area contributed by atoms with Gasteiger partial charge < -0.3 is 16.1 Å². The second-order valence-corrected chi connectivity index (χ2v) is 6.39. The highest BCUT2D eigenvalue weighted by molar-refractivity contribution is 5.84. The fourth-order valence-electron chi connectivity index (χ4n) is 1.63. The SMILES string of the molecule is CC(C)NC(=O)C(C)Nc1cc(NN)nc(C(C)(C)C)n1. The van der Waals surface area contributed by atoms with Gasteiger partial charge in [0.25, 0.3) is 0 Å². The minimum absolute atomic E-state index is 0.0804. The van der Waals surface area contributed by atoms with Gasteiger partial charge in [-0.1, -0.05) is 20.8 Å². The molecule has 1 amide bonds. The summed E-state index contributed by atoms with van der Waals surface area (Å²) in [6.07, 6.45) is 0. The lowest BCUT2D eigenvalue weighted by Crippen LogP contribution is -2.41. The van der Waals surface area contributed by atoms with E-state index in [9.17, 15) is 4.79 Å². The number of aromatic nitrogens is 2. The van der Waals surface area contributed by atoms with Crippen molar-refractivity contribution in [1.82, 2.24) is 15.3 Å². The third-order valence-corrected chi connectivity index (χ3v) is 2.73. The number of hydrazine groups is 1. The van der Waals surface area contributed by atoms with Crippen LogP contribution in [-0.2, 0) is 10.2 Å². The first kappa shape index (κ1) is 17.2. The van der Waals surface area contributed by atoms with E-state index in [1.54, 1.807) is 13.0 Å². The zero-order valence-electron chi connectivity index (χ0n) is 13.6. The molecule has 7 nitrogen and oxygen atoms in total. The van der Waals surface area contributed by atoms with Crippen LogP contribution in [0.4, 0.5) is 11.6 Å². The van der Waals surface area contributed by atoms with Gasteiger partial charge in [-0.15, -0.1) is 0 Å². The molecule has 1 aromatic rings. The molecule has 21 heavy (non-hydrogen) atoms. The number of anilines is 2. The minimum atomic E-state index is -0.402. The van der Waals surface area contributed by atoms with E-state index < -0.39 is 6.04 Å². The molecule has 5 N–H and O–H groups in total. The normalized spacial score (nSPS) is 13.0. The Morgan fingerprint density at radius 2 is 1.76 bits per heavy atom. The summed E-state index contributed by atoms with van der Waals surface area (Å²) >= 11 is 0. The average Bonchev–Trinajstić information content (AvgIpc) is 2.36. The molecule has 0 bridgehead atoms. The summed E-state index contributed by atoms with van der Waals surface area (Å²) in [7, 11) is 0. The molecule has 0 fully saturated rings. The summed E-state index contributed by atoms with van der Waals surface area (Å²) in [6, 6.07) is 1.37. The van der Waals surface area contributed by atoms with Crippen LogP contribution < -0.4 is 21.9 Å². The van der Waals surface area contributed by atoms with Crippen molar-refractivity contribution < 1.29 is 4.79 Å². The van der Waals surface area contributed by atoms with E-state index in [4.69, 9.17) is 5.84 Å². The molecular weight excluding hydrogens is 268 g/mol. The number of nitrogens with one attached hydrogen (secondary N) is 3. The van der Waals surface area contributed by atoms with Gasteiger partial charge in [0, 0.05) is 17.5 Å². The van der Waals surface area contributed by atoms with Crippen molar-refractivity contribution in [3.63, 3.8) is 0 Å². The molecule has 0 saturated heterocycles. The number of carbonyl (C=O) groups excluding carboxylic acids is 1. The highest BCUT2D eigenvalue weighted by atomic mass is 16.2. The lowest BCUT2D eigenvalue weighted by atomic mass is 9.96. The van der Waals surface area contributed by atoms with Crippen LogP contribution in [0.2, 0.25) is 0 Å². The molecule has 0 aliphatic rings. The summed E-state index contributed by atoms with van der Waals surface area (Å²) in [5.41, 5.74) is 2.31. The van der Waals surface area contributed by atoms with Crippen LogP contribution in [-0.4, -0.2) is 28.0 Å². The smallest absolute Gasteiger partial charge is 0.242 e. The molecule has 1 aromatic heterocycles. The van der Waals surface area contributed by atoms with E-state index in [1.165, 1.54) is 0 Å².